The van der Waals surface area contributed by atoms with E-state index in [0.29, 0.717) is 12.1 Å². The molecule has 2 aromatic rings. The third kappa shape index (κ3) is 5.51. The summed E-state index contributed by atoms with van der Waals surface area (Å²) in [5.74, 6) is -0.155. The lowest BCUT2D eigenvalue weighted by Crippen LogP contribution is -2.50. The van der Waals surface area contributed by atoms with Gasteiger partial charge in [0.15, 0.2) is 8.32 Å². The summed E-state index contributed by atoms with van der Waals surface area (Å²) in [4.78, 5) is 11.2. The largest absolute Gasteiger partial charge is 0.407 e. The Kier molecular flexibility index (Phi) is 6.98. The van der Waals surface area contributed by atoms with Gasteiger partial charge in [0.1, 0.15) is 0 Å². The van der Waals surface area contributed by atoms with Crippen molar-refractivity contribution in [3.05, 3.63) is 71.3 Å². The van der Waals surface area contributed by atoms with Crippen molar-refractivity contribution in [3.8, 4) is 0 Å². The zero-order valence-corrected chi connectivity index (χ0v) is 17.9. The Morgan fingerprint density at radius 2 is 1.67 bits per heavy atom. The van der Waals surface area contributed by atoms with Crippen LogP contribution in [-0.2, 0) is 16.4 Å². The fraction of sp³-hybridized carbons (Fsp3) is 0.409. The Morgan fingerprint density at radius 3 is 2.15 bits per heavy atom. The maximum Gasteiger partial charge on any atom is 0.248 e. The first-order valence-electron chi connectivity index (χ1n) is 9.52. The minimum Gasteiger partial charge on any atom is -0.407 e. The molecular formula is C22H32N2O2Si. The molecule has 0 saturated carbocycles. The highest BCUT2D eigenvalue weighted by molar-refractivity contribution is 6.69. The molecule has 0 heterocycles. The molecule has 0 radical (unpaired) electrons. The second kappa shape index (κ2) is 8.82. The van der Waals surface area contributed by atoms with Gasteiger partial charge in [0.2, 0.25) is 5.91 Å². The Morgan fingerprint density at radius 1 is 1.07 bits per heavy atom. The van der Waals surface area contributed by atoms with Gasteiger partial charge in [-0.15, -0.1) is 0 Å². The third-order valence-electron chi connectivity index (χ3n) is 4.95. The molecule has 0 unspecified atom stereocenters. The lowest BCUT2D eigenvalue weighted by molar-refractivity contribution is 0.00741. The summed E-state index contributed by atoms with van der Waals surface area (Å²) in [5, 5.41) is 0. The van der Waals surface area contributed by atoms with Crippen LogP contribution in [0, 0.1) is 5.92 Å². The molecule has 2 atom stereocenters. The van der Waals surface area contributed by atoms with Crippen LogP contribution in [0.1, 0.15) is 34.8 Å². The lowest BCUT2D eigenvalue weighted by Gasteiger charge is -2.43. The first-order valence-corrected chi connectivity index (χ1v) is 12.9. The van der Waals surface area contributed by atoms with E-state index in [-0.39, 0.29) is 5.92 Å². The molecule has 0 spiro atoms. The SMILES string of the molecule is C[C@@H](CCc1ccc(C(N)=O)cc1)[C@](CN)(O[Si](C)(C)C)c1ccccc1. The normalized spacial score (nSPS) is 15.1. The van der Waals surface area contributed by atoms with Crippen LogP contribution in [-0.4, -0.2) is 20.8 Å². The summed E-state index contributed by atoms with van der Waals surface area (Å²) >= 11 is 0. The van der Waals surface area contributed by atoms with E-state index in [4.69, 9.17) is 15.9 Å². The molecule has 4 N–H and O–H groups in total. The molecule has 1 amide bonds. The van der Waals surface area contributed by atoms with Crippen molar-refractivity contribution in [1.29, 1.82) is 0 Å². The Labute approximate surface area is 164 Å². The number of benzene rings is 2. The van der Waals surface area contributed by atoms with Gasteiger partial charge in [0, 0.05) is 12.1 Å². The van der Waals surface area contributed by atoms with Gasteiger partial charge in [-0.3, -0.25) is 4.79 Å². The van der Waals surface area contributed by atoms with E-state index in [1.807, 2.05) is 30.3 Å². The highest BCUT2D eigenvalue weighted by atomic mass is 28.4. The number of carbonyl (C=O) groups is 1. The van der Waals surface area contributed by atoms with E-state index in [1.165, 1.54) is 5.56 Å². The molecule has 0 bridgehead atoms. The predicted octanol–water partition coefficient (Wildman–Crippen LogP) is 4.06. The van der Waals surface area contributed by atoms with E-state index >= 15 is 0 Å². The van der Waals surface area contributed by atoms with Crippen LogP contribution in [0.2, 0.25) is 19.6 Å². The second-order valence-corrected chi connectivity index (χ2v) is 12.6. The van der Waals surface area contributed by atoms with Gasteiger partial charge in [-0.05, 0) is 61.7 Å². The van der Waals surface area contributed by atoms with E-state index in [1.54, 1.807) is 12.1 Å². The third-order valence-corrected chi connectivity index (χ3v) is 5.93. The molecule has 0 aromatic heterocycles. The molecule has 2 rings (SSSR count). The Balaban J connectivity index is 2.23. The number of amides is 1. The van der Waals surface area contributed by atoms with E-state index in [0.717, 1.165) is 18.4 Å². The number of aryl methyl sites for hydroxylation is 1. The van der Waals surface area contributed by atoms with Crippen molar-refractivity contribution >= 4 is 14.2 Å². The average molecular weight is 385 g/mol. The standard InChI is InChI=1S/C22H32N2O2Si/c1-17(10-11-18-12-14-19(15-13-18)21(24)25)22(16-23,26-27(2,3)4)20-8-6-5-7-9-20/h5-9,12-15,17H,10-11,16,23H2,1-4H3,(H2,24,25)/t17-,22-/m0/s1. The predicted molar refractivity (Wildman–Crippen MR) is 114 cm³/mol. The zero-order chi connectivity index (χ0) is 20.1. The molecule has 27 heavy (non-hydrogen) atoms. The first kappa shape index (κ1) is 21.3. The summed E-state index contributed by atoms with van der Waals surface area (Å²) in [6, 6.07) is 17.9. The van der Waals surface area contributed by atoms with Crippen molar-refractivity contribution in [2.45, 2.75) is 45.0 Å². The molecule has 0 aliphatic heterocycles. The molecule has 146 valence electrons. The fourth-order valence-electron chi connectivity index (χ4n) is 3.52. The zero-order valence-electron chi connectivity index (χ0n) is 16.9. The number of nitrogens with two attached hydrogens (primary N) is 2. The quantitative estimate of drug-likeness (QED) is 0.640. The van der Waals surface area contributed by atoms with Crippen molar-refractivity contribution in [3.63, 3.8) is 0 Å². The number of primary amides is 1. The van der Waals surface area contributed by atoms with E-state index in [9.17, 15) is 4.79 Å². The van der Waals surface area contributed by atoms with Gasteiger partial charge in [0.05, 0.1) is 5.60 Å². The van der Waals surface area contributed by atoms with Crippen molar-refractivity contribution in [2.75, 3.05) is 6.54 Å². The highest BCUT2D eigenvalue weighted by Crippen LogP contribution is 2.38. The molecule has 0 aliphatic carbocycles. The average Bonchev–Trinajstić information content (AvgIpc) is 2.64. The number of hydrogen-bond acceptors (Lipinski definition) is 3. The van der Waals surface area contributed by atoms with Gasteiger partial charge in [-0.1, -0.05) is 49.4 Å². The first-order chi connectivity index (χ1) is 12.7. The van der Waals surface area contributed by atoms with Crippen LogP contribution < -0.4 is 11.5 Å². The van der Waals surface area contributed by atoms with Crippen LogP contribution in [0.15, 0.2) is 54.6 Å². The summed E-state index contributed by atoms with van der Waals surface area (Å²) in [6.45, 7) is 9.28. The minimum atomic E-state index is -1.82. The van der Waals surface area contributed by atoms with Gasteiger partial charge >= 0.3 is 0 Å². The molecule has 0 aliphatic rings. The van der Waals surface area contributed by atoms with Crippen LogP contribution in [0.3, 0.4) is 0 Å². The summed E-state index contributed by atoms with van der Waals surface area (Å²) in [6.07, 6.45) is 1.83. The fourth-order valence-corrected chi connectivity index (χ4v) is 5.02. The Bertz CT molecular complexity index is 741. The van der Waals surface area contributed by atoms with Crippen LogP contribution >= 0.6 is 0 Å². The van der Waals surface area contributed by atoms with Crippen molar-refractivity contribution in [2.24, 2.45) is 17.4 Å². The summed E-state index contributed by atoms with van der Waals surface area (Å²) in [7, 11) is -1.82. The molecule has 4 nitrogen and oxygen atoms in total. The molecule has 0 fully saturated rings. The Hall–Kier alpha value is -1.95. The number of rotatable bonds is 9. The van der Waals surface area contributed by atoms with Gasteiger partial charge in [-0.25, -0.2) is 0 Å². The van der Waals surface area contributed by atoms with Crippen LogP contribution in [0.25, 0.3) is 0 Å². The molecule has 0 saturated heterocycles. The van der Waals surface area contributed by atoms with Crippen molar-refractivity contribution in [1.82, 2.24) is 0 Å². The maximum atomic E-state index is 11.2. The molecular weight excluding hydrogens is 352 g/mol. The lowest BCUT2D eigenvalue weighted by atomic mass is 9.79. The summed E-state index contributed by atoms with van der Waals surface area (Å²) in [5.41, 5.74) is 14.0. The molecule has 5 heteroatoms. The van der Waals surface area contributed by atoms with E-state index < -0.39 is 19.8 Å². The maximum absolute atomic E-state index is 11.2. The van der Waals surface area contributed by atoms with Gasteiger partial charge < -0.3 is 15.9 Å². The van der Waals surface area contributed by atoms with Crippen LogP contribution in [0.4, 0.5) is 0 Å². The molecule has 2 aromatic carbocycles. The number of hydrogen-bond donors (Lipinski definition) is 2. The monoisotopic (exact) mass is 384 g/mol. The second-order valence-electron chi connectivity index (χ2n) is 8.17. The minimum absolute atomic E-state index is 0.243. The summed E-state index contributed by atoms with van der Waals surface area (Å²) < 4.78 is 6.71. The topological polar surface area (TPSA) is 78.3 Å². The smallest absolute Gasteiger partial charge is 0.248 e. The van der Waals surface area contributed by atoms with Crippen molar-refractivity contribution < 1.29 is 9.22 Å². The number of carbonyl (C=O) groups excluding carboxylic acids is 1. The van der Waals surface area contributed by atoms with E-state index in [2.05, 4.69) is 38.7 Å². The van der Waals surface area contributed by atoms with Crippen LogP contribution in [0.5, 0.6) is 0 Å². The highest BCUT2D eigenvalue weighted by Gasteiger charge is 2.41. The van der Waals surface area contributed by atoms with Gasteiger partial charge in [-0.2, -0.15) is 0 Å². The van der Waals surface area contributed by atoms with Gasteiger partial charge in [0.25, 0.3) is 0 Å².